The molecule has 0 radical (unpaired) electrons. The highest BCUT2D eigenvalue weighted by Gasteiger charge is 2.19. The molecule has 0 aliphatic rings. The Hall–Kier alpha value is -3.75. The monoisotopic (exact) mass is 353 g/mol. The molecule has 1 heterocycles. The van der Waals surface area contributed by atoms with E-state index < -0.39 is 10.8 Å². The van der Waals surface area contributed by atoms with Crippen molar-refractivity contribution in [2.45, 2.75) is 6.54 Å². The van der Waals surface area contributed by atoms with Crippen LogP contribution in [0.2, 0.25) is 0 Å². The van der Waals surface area contributed by atoms with Gasteiger partial charge in [-0.25, -0.2) is 9.67 Å². The predicted molar refractivity (Wildman–Crippen MR) is 92.2 cm³/mol. The summed E-state index contributed by atoms with van der Waals surface area (Å²) < 4.78 is 6.41. The minimum Gasteiger partial charge on any atom is -0.497 e. The fraction of sp³-hybridized carbons (Fsp3) is 0.118. The molecule has 1 aromatic heterocycles. The number of nitrogens with zero attached hydrogens (tertiary/aromatic N) is 4. The third kappa shape index (κ3) is 3.66. The molecule has 3 rings (SSSR count). The van der Waals surface area contributed by atoms with Gasteiger partial charge in [0, 0.05) is 18.2 Å². The van der Waals surface area contributed by atoms with E-state index in [1.165, 1.54) is 35.5 Å². The van der Waals surface area contributed by atoms with Gasteiger partial charge in [0.15, 0.2) is 0 Å². The molecule has 0 fully saturated rings. The van der Waals surface area contributed by atoms with Gasteiger partial charge in [-0.15, -0.1) is 0 Å². The Balaban J connectivity index is 1.79. The fourth-order valence-electron chi connectivity index (χ4n) is 2.40. The lowest BCUT2D eigenvalue weighted by atomic mass is 10.1. The van der Waals surface area contributed by atoms with Crippen LogP contribution in [0.4, 0.5) is 5.69 Å². The van der Waals surface area contributed by atoms with Gasteiger partial charge in [-0.2, -0.15) is 5.10 Å². The Morgan fingerprint density at radius 1 is 1.31 bits per heavy atom. The number of carbonyl (C=O) groups excluding carboxylic acids is 1. The zero-order valence-electron chi connectivity index (χ0n) is 13.8. The lowest BCUT2D eigenvalue weighted by Crippen LogP contribution is -2.23. The average molecular weight is 353 g/mol. The summed E-state index contributed by atoms with van der Waals surface area (Å²) in [4.78, 5) is 26.9. The largest absolute Gasteiger partial charge is 0.497 e. The van der Waals surface area contributed by atoms with Gasteiger partial charge in [-0.1, -0.05) is 12.1 Å². The van der Waals surface area contributed by atoms with Gasteiger partial charge in [-0.05, 0) is 29.8 Å². The van der Waals surface area contributed by atoms with Crippen molar-refractivity contribution >= 4 is 11.6 Å². The first-order valence-electron chi connectivity index (χ1n) is 7.63. The number of carbonyl (C=O) groups is 1. The van der Waals surface area contributed by atoms with Crippen LogP contribution >= 0.6 is 0 Å². The SMILES string of the molecule is COc1cccc(CNC(=O)c2ccc(-n3cncn3)c([N+](=O)[O-])c2)c1. The topological polar surface area (TPSA) is 112 Å². The second-order valence-corrected chi connectivity index (χ2v) is 5.33. The van der Waals surface area contributed by atoms with E-state index in [0.717, 1.165) is 5.56 Å². The summed E-state index contributed by atoms with van der Waals surface area (Å²) in [5.74, 6) is 0.269. The first-order valence-corrected chi connectivity index (χ1v) is 7.63. The molecule has 0 aliphatic carbocycles. The van der Waals surface area contributed by atoms with E-state index in [0.29, 0.717) is 5.75 Å². The number of hydrogen-bond donors (Lipinski definition) is 1. The van der Waals surface area contributed by atoms with Crippen LogP contribution in [-0.2, 0) is 6.54 Å². The smallest absolute Gasteiger partial charge is 0.295 e. The summed E-state index contributed by atoms with van der Waals surface area (Å²) in [6, 6.07) is 11.5. The third-order valence-corrected chi connectivity index (χ3v) is 3.69. The van der Waals surface area contributed by atoms with Gasteiger partial charge in [0.1, 0.15) is 24.1 Å². The van der Waals surface area contributed by atoms with Crippen molar-refractivity contribution in [1.82, 2.24) is 20.1 Å². The molecule has 9 nitrogen and oxygen atoms in total. The minimum atomic E-state index is -0.560. The summed E-state index contributed by atoms with van der Waals surface area (Å²) in [6.45, 7) is 0.272. The van der Waals surface area contributed by atoms with Crippen molar-refractivity contribution in [3.63, 3.8) is 0 Å². The maximum atomic E-state index is 12.3. The molecule has 0 bridgehead atoms. The van der Waals surface area contributed by atoms with Crippen LogP contribution in [0.3, 0.4) is 0 Å². The first-order chi connectivity index (χ1) is 12.6. The van der Waals surface area contributed by atoms with Gasteiger partial charge in [0.25, 0.3) is 11.6 Å². The van der Waals surface area contributed by atoms with E-state index in [1.54, 1.807) is 19.2 Å². The lowest BCUT2D eigenvalue weighted by Gasteiger charge is -2.08. The summed E-state index contributed by atoms with van der Waals surface area (Å²) in [7, 11) is 1.56. The lowest BCUT2D eigenvalue weighted by molar-refractivity contribution is -0.384. The molecule has 132 valence electrons. The fourth-order valence-corrected chi connectivity index (χ4v) is 2.40. The summed E-state index contributed by atoms with van der Waals surface area (Å²) in [5, 5.41) is 18.0. The molecule has 0 saturated carbocycles. The standard InChI is InChI=1S/C17H15N5O4/c1-26-14-4-2-3-12(7-14)9-19-17(23)13-5-6-15(16(8-13)22(24)25)21-11-18-10-20-21/h2-8,10-11H,9H2,1H3,(H,19,23). The quantitative estimate of drug-likeness (QED) is 0.536. The summed E-state index contributed by atoms with van der Waals surface area (Å²) in [6.07, 6.45) is 2.63. The molecular weight excluding hydrogens is 338 g/mol. The molecule has 1 N–H and O–H groups in total. The van der Waals surface area contributed by atoms with Crippen LogP contribution in [-0.4, -0.2) is 32.7 Å². The van der Waals surface area contributed by atoms with Gasteiger partial charge in [0.2, 0.25) is 0 Å². The molecule has 1 amide bonds. The molecule has 0 aliphatic heterocycles. The number of nitro groups is 1. The maximum absolute atomic E-state index is 12.3. The van der Waals surface area contributed by atoms with Crippen molar-refractivity contribution in [3.8, 4) is 11.4 Å². The van der Waals surface area contributed by atoms with Crippen molar-refractivity contribution < 1.29 is 14.5 Å². The zero-order valence-corrected chi connectivity index (χ0v) is 13.8. The van der Waals surface area contributed by atoms with Crippen LogP contribution in [0.5, 0.6) is 5.75 Å². The number of methoxy groups -OCH3 is 1. The molecule has 0 atom stereocenters. The van der Waals surface area contributed by atoms with E-state index in [4.69, 9.17) is 4.74 Å². The number of hydrogen-bond acceptors (Lipinski definition) is 6. The second kappa shape index (κ2) is 7.43. The molecule has 3 aromatic rings. The molecule has 0 unspecified atom stereocenters. The maximum Gasteiger partial charge on any atom is 0.295 e. The Morgan fingerprint density at radius 2 is 2.15 bits per heavy atom. The van der Waals surface area contributed by atoms with E-state index in [9.17, 15) is 14.9 Å². The molecular formula is C17H15N5O4. The summed E-state index contributed by atoms with van der Waals surface area (Å²) >= 11 is 0. The zero-order chi connectivity index (χ0) is 18.5. The summed E-state index contributed by atoms with van der Waals surface area (Å²) in [5.41, 5.74) is 1.04. The third-order valence-electron chi connectivity index (χ3n) is 3.69. The average Bonchev–Trinajstić information content (AvgIpc) is 3.20. The van der Waals surface area contributed by atoms with Crippen LogP contribution in [0.25, 0.3) is 5.69 Å². The van der Waals surface area contributed by atoms with Crippen LogP contribution in [0, 0.1) is 10.1 Å². The molecule has 2 aromatic carbocycles. The molecule has 26 heavy (non-hydrogen) atoms. The van der Waals surface area contributed by atoms with E-state index >= 15 is 0 Å². The second-order valence-electron chi connectivity index (χ2n) is 5.33. The highest BCUT2D eigenvalue weighted by molar-refractivity contribution is 5.95. The van der Waals surface area contributed by atoms with Crippen LogP contribution in [0.1, 0.15) is 15.9 Å². The number of ether oxygens (including phenoxy) is 1. The van der Waals surface area contributed by atoms with Crippen molar-refractivity contribution in [2.24, 2.45) is 0 Å². The molecule has 0 saturated heterocycles. The van der Waals surface area contributed by atoms with E-state index in [1.807, 2.05) is 12.1 Å². The van der Waals surface area contributed by atoms with Gasteiger partial charge < -0.3 is 10.1 Å². The minimum absolute atomic E-state index is 0.184. The Kier molecular flexibility index (Phi) is 4.88. The van der Waals surface area contributed by atoms with Crippen molar-refractivity contribution in [3.05, 3.63) is 76.4 Å². The number of rotatable bonds is 6. The van der Waals surface area contributed by atoms with E-state index in [2.05, 4.69) is 15.4 Å². The van der Waals surface area contributed by atoms with Gasteiger partial charge in [0.05, 0.1) is 12.0 Å². The molecule has 0 spiro atoms. The number of benzene rings is 2. The van der Waals surface area contributed by atoms with Crippen LogP contribution in [0.15, 0.2) is 55.1 Å². The Labute approximate surface area is 148 Å². The highest BCUT2D eigenvalue weighted by Crippen LogP contribution is 2.23. The number of amides is 1. The van der Waals surface area contributed by atoms with Crippen molar-refractivity contribution in [1.29, 1.82) is 0 Å². The highest BCUT2D eigenvalue weighted by atomic mass is 16.6. The predicted octanol–water partition coefficient (Wildman–Crippen LogP) is 2.11. The molecule has 9 heteroatoms. The number of nitro benzene ring substituents is 1. The first kappa shape index (κ1) is 17.1. The Morgan fingerprint density at radius 3 is 2.85 bits per heavy atom. The van der Waals surface area contributed by atoms with Gasteiger partial charge >= 0.3 is 0 Å². The Bertz CT molecular complexity index is 940. The van der Waals surface area contributed by atoms with Crippen molar-refractivity contribution in [2.75, 3.05) is 7.11 Å². The number of aromatic nitrogens is 3. The normalized spacial score (nSPS) is 10.3. The van der Waals surface area contributed by atoms with E-state index in [-0.39, 0.29) is 23.5 Å². The van der Waals surface area contributed by atoms with Crippen LogP contribution < -0.4 is 10.1 Å². The number of nitrogens with one attached hydrogen (secondary N) is 1. The van der Waals surface area contributed by atoms with Gasteiger partial charge in [-0.3, -0.25) is 14.9 Å².